The lowest BCUT2D eigenvalue weighted by atomic mass is 10.0. The van der Waals surface area contributed by atoms with Crippen LogP contribution in [0.25, 0.3) is 0 Å². The molecule has 0 amide bonds. The maximum atomic E-state index is 10.1. The average Bonchev–Trinajstić information content (AvgIpc) is 2.75. The first-order chi connectivity index (χ1) is 8.69. The van der Waals surface area contributed by atoms with Gasteiger partial charge in [-0.3, -0.25) is 4.68 Å². The Morgan fingerprint density at radius 2 is 2.11 bits per heavy atom. The van der Waals surface area contributed by atoms with Gasteiger partial charge in [0.15, 0.2) is 0 Å². The zero-order valence-corrected chi connectivity index (χ0v) is 10.7. The smallest absolute Gasteiger partial charge is 0.122 e. The van der Waals surface area contributed by atoms with E-state index in [1.165, 1.54) is 0 Å². The Kier molecular flexibility index (Phi) is 3.99. The van der Waals surface area contributed by atoms with Gasteiger partial charge in [0.25, 0.3) is 0 Å². The molecule has 2 aromatic rings. The van der Waals surface area contributed by atoms with Crippen LogP contribution in [0.5, 0.6) is 5.75 Å². The lowest BCUT2D eigenvalue weighted by molar-refractivity contribution is 0.174. The van der Waals surface area contributed by atoms with Gasteiger partial charge in [0.2, 0.25) is 0 Å². The van der Waals surface area contributed by atoms with Crippen molar-refractivity contribution in [3.8, 4) is 5.75 Å². The highest BCUT2D eigenvalue weighted by molar-refractivity contribution is 5.33. The van der Waals surface area contributed by atoms with Crippen molar-refractivity contribution in [2.24, 2.45) is 7.05 Å². The second kappa shape index (κ2) is 5.69. The summed E-state index contributed by atoms with van der Waals surface area (Å²) in [6.07, 6.45) is 4.47. The highest BCUT2D eigenvalue weighted by Crippen LogP contribution is 2.19. The molecule has 1 heterocycles. The average molecular weight is 246 g/mol. The summed E-state index contributed by atoms with van der Waals surface area (Å²) in [4.78, 5) is 0. The van der Waals surface area contributed by atoms with Crippen molar-refractivity contribution in [2.45, 2.75) is 18.9 Å². The van der Waals surface area contributed by atoms with Gasteiger partial charge in [-0.05, 0) is 17.2 Å². The molecule has 1 aromatic carbocycles. The van der Waals surface area contributed by atoms with Crippen LogP contribution < -0.4 is 4.74 Å². The van der Waals surface area contributed by atoms with Gasteiger partial charge in [-0.2, -0.15) is 5.10 Å². The summed E-state index contributed by atoms with van der Waals surface area (Å²) in [5, 5.41) is 14.2. The van der Waals surface area contributed by atoms with E-state index in [0.29, 0.717) is 12.8 Å². The number of para-hydroxylation sites is 1. The van der Waals surface area contributed by atoms with Crippen LogP contribution in [-0.4, -0.2) is 28.1 Å². The number of hydrogen-bond acceptors (Lipinski definition) is 3. The Morgan fingerprint density at radius 1 is 1.33 bits per heavy atom. The molecular formula is C14H18N2O2. The maximum absolute atomic E-state index is 10.1. The van der Waals surface area contributed by atoms with Crippen LogP contribution in [-0.2, 0) is 19.9 Å². The normalized spacial score (nSPS) is 12.4. The number of aryl methyl sites for hydroxylation is 1. The predicted octanol–water partition coefficient (Wildman–Crippen LogP) is 1.57. The second-order valence-corrected chi connectivity index (χ2v) is 4.40. The Morgan fingerprint density at radius 3 is 2.78 bits per heavy atom. The number of benzene rings is 1. The summed E-state index contributed by atoms with van der Waals surface area (Å²) in [7, 11) is 3.52. The highest BCUT2D eigenvalue weighted by Gasteiger charge is 2.11. The van der Waals surface area contributed by atoms with E-state index in [4.69, 9.17) is 4.74 Å². The number of nitrogens with zero attached hydrogens (tertiary/aromatic N) is 2. The topological polar surface area (TPSA) is 47.3 Å². The number of aliphatic hydroxyl groups is 1. The summed E-state index contributed by atoms with van der Waals surface area (Å²) >= 11 is 0. The molecule has 0 radical (unpaired) electrons. The van der Waals surface area contributed by atoms with E-state index in [0.717, 1.165) is 16.9 Å². The van der Waals surface area contributed by atoms with E-state index in [1.54, 1.807) is 18.0 Å². The molecule has 1 aromatic heterocycles. The minimum absolute atomic E-state index is 0.425. The molecule has 0 fully saturated rings. The minimum atomic E-state index is -0.425. The number of hydrogen-bond donors (Lipinski definition) is 1. The molecule has 4 nitrogen and oxygen atoms in total. The second-order valence-electron chi connectivity index (χ2n) is 4.40. The molecular weight excluding hydrogens is 228 g/mol. The third kappa shape index (κ3) is 3.11. The summed E-state index contributed by atoms with van der Waals surface area (Å²) in [5.41, 5.74) is 2.07. The van der Waals surface area contributed by atoms with Crippen molar-refractivity contribution in [3.63, 3.8) is 0 Å². The molecule has 0 saturated carbocycles. The van der Waals surface area contributed by atoms with Crippen LogP contribution in [0.4, 0.5) is 0 Å². The zero-order valence-electron chi connectivity index (χ0n) is 10.7. The van der Waals surface area contributed by atoms with Gasteiger partial charge in [-0.1, -0.05) is 18.2 Å². The van der Waals surface area contributed by atoms with Crippen molar-refractivity contribution >= 4 is 0 Å². The van der Waals surface area contributed by atoms with E-state index in [9.17, 15) is 5.11 Å². The third-order valence-corrected chi connectivity index (χ3v) is 2.88. The predicted molar refractivity (Wildman–Crippen MR) is 69.6 cm³/mol. The molecule has 18 heavy (non-hydrogen) atoms. The largest absolute Gasteiger partial charge is 0.496 e. The fourth-order valence-corrected chi connectivity index (χ4v) is 2.05. The van der Waals surface area contributed by atoms with Crippen molar-refractivity contribution in [2.75, 3.05) is 7.11 Å². The van der Waals surface area contributed by atoms with Crippen molar-refractivity contribution < 1.29 is 9.84 Å². The van der Waals surface area contributed by atoms with Gasteiger partial charge in [-0.15, -0.1) is 0 Å². The van der Waals surface area contributed by atoms with Crippen LogP contribution >= 0.6 is 0 Å². The van der Waals surface area contributed by atoms with Crippen LogP contribution in [0.15, 0.2) is 36.7 Å². The molecule has 0 aliphatic heterocycles. The van der Waals surface area contributed by atoms with E-state index in [-0.39, 0.29) is 0 Å². The van der Waals surface area contributed by atoms with Gasteiger partial charge < -0.3 is 9.84 Å². The van der Waals surface area contributed by atoms with Crippen LogP contribution in [0.2, 0.25) is 0 Å². The molecule has 0 aliphatic rings. The summed E-state index contributed by atoms with van der Waals surface area (Å²) in [5.74, 6) is 0.822. The van der Waals surface area contributed by atoms with E-state index < -0.39 is 6.10 Å². The van der Waals surface area contributed by atoms with Crippen molar-refractivity contribution in [3.05, 3.63) is 47.8 Å². The van der Waals surface area contributed by atoms with Gasteiger partial charge in [0.1, 0.15) is 5.75 Å². The Balaban J connectivity index is 2.00. The Labute approximate surface area is 107 Å². The Hall–Kier alpha value is -1.81. The van der Waals surface area contributed by atoms with Crippen LogP contribution in [0.1, 0.15) is 11.1 Å². The fourth-order valence-electron chi connectivity index (χ4n) is 2.05. The molecule has 1 unspecified atom stereocenters. The Bertz CT molecular complexity index is 508. The summed E-state index contributed by atoms with van der Waals surface area (Å²) in [6.45, 7) is 0. The lowest BCUT2D eigenvalue weighted by Gasteiger charge is -2.12. The van der Waals surface area contributed by atoms with Gasteiger partial charge in [0, 0.05) is 26.1 Å². The molecule has 2 rings (SSSR count). The molecule has 1 N–H and O–H groups in total. The van der Waals surface area contributed by atoms with E-state index in [2.05, 4.69) is 5.10 Å². The van der Waals surface area contributed by atoms with Gasteiger partial charge in [0.05, 0.1) is 19.4 Å². The van der Waals surface area contributed by atoms with Crippen LogP contribution in [0, 0.1) is 0 Å². The molecule has 1 atom stereocenters. The van der Waals surface area contributed by atoms with E-state index >= 15 is 0 Å². The molecule has 0 aliphatic carbocycles. The first-order valence-electron chi connectivity index (χ1n) is 5.96. The number of ether oxygens (including phenoxy) is 1. The van der Waals surface area contributed by atoms with Crippen molar-refractivity contribution in [1.29, 1.82) is 0 Å². The van der Waals surface area contributed by atoms with E-state index in [1.807, 2.05) is 37.5 Å². The van der Waals surface area contributed by atoms with Gasteiger partial charge in [-0.25, -0.2) is 0 Å². The third-order valence-electron chi connectivity index (χ3n) is 2.88. The molecule has 0 bridgehead atoms. The molecule has 96 valence electrons. The molecule has 4 heteroatoms. The van der Waals surface area contributed by atoms with Crippen LogP contribution in [0.3, 0.4) is 0 Å². The number of methoxy groups -OCH3 is 1. The zero-order chi connectivity index (χ0) is 13.0. The quantitative estimate of drug-likeness (QED) is 0.871. The lowest BCUT2D eigenvalue weighted by Crippen LogP contribution is -2.14. The number of aliphatic hydroxyl groups excluding tert-OH is 1. The highest BCUT2D eigenvalue weighted by atomic mass is 16.5. The summed E-state index contributed by atoms with van der Waals surface area (Å²) < 4.78 is 7.01. The number of rotatable bonds is 5. The first-order valence-corrected chi connectivity index (χ1v) is 5.96. The SMILES string of the molecule is COc1ccccc1CC(O)Cc1cnn(C)c1. The van der Waals surface area contributed by atoms with Gasteiger partial charge >= 0.3 is 0 Å². The minimum Gasteiger partial charge on any atom is -0.496 e. The maximum Gasteiger partial charge on any atom is 0.122 e. The molecule has 0 spiro atoms. The number of aromatic nitrogens is 2. The standard InChI is InChI=1S/C14H18N2O2/c1-16-10-11(9-15-16)7-13(17)8-12-5-3-4-6-14(12)18-2/h3-6,9-10,13,17H,7-8H2,1-2H3. The fraction of sp³-hybridized carbons (Fsp3) is 0.357. The molecule has 0 saturated heterocycles. The first kappa shape index (κ1) is 12.6. The summed E-state index contributed by atoms with van der Waals surface area (Å²) in [6, 6.07) is 7.77. The monoisotopic (exact) mass is 246 g/mol. The van der Waals surface area contributed by atoms with Crippen molar-refractivity contribution in [1.82, 2.24) is 9.78 Å².